The third-order valence-corrected chi connectivity index (χ3v) is 4.17. The molecule has 0 spiro atoms. The highest BCUT2D eigenvalue weighted by Crippen LogP contribution is 2.22. The van der Waals surface area contributed by atoms with Crippen LogP contribution < -0.4 is 11.1 Å². The van der Waals surface area contributed by atoms with Gasteiger partial charge in [-0.1, -0.05) is 26.8 Å². The number of rotatable bonds is 5. The molecule has 1 unspecified atom stereocenters. The molecule has 2 rings (SSSR count). The largest absolute Gasteiger partial charge is 0.368 e. The Morgan fingerprint density at radius 2 is 2.19 bits per heavy atom. The highest BCUT2D eigenvalue weighted by molar-refractivity contribution is 7.10. The predicted octanol–water partition coefficient (Wildman–Crippen LogP) is 3.12. The van der Waals surface area contributed by atoms with Gasteiger partial charge in [-0.2, -0.15) is 0 Å². The molecule has 0 aliphatic rings. The Bertz CT molecular complexity index is 610. The fourth-order valence-electron chi connectivity index (χ4n) is 1.99. The molecular weight excluding hydrogens is 284 g/mol. The fraction of sp³-hybridized carbons (Fsp3) is 0.400. The van der Waals surface area contributed by atoms with Gasteiger partial charge >= 0.3 is 0 Å². The zero-order valence-electron chi connectivity index (χ0n) is 12.5. The molecule has 3 N–H and O–H groups in total. The summed E-state index contributed by atoms with van der Waals surface area (Å²) in [4.78, 5) is 21.7. The molecule has 2 heterocycles. The van der Waals surface area contributed by atoms with Gasteiger partial charge in [0.25, 0.3) is 5.91 Å². The van der Waals surface area contributed by atoms with E-state index < -0.39 is 0 Å². The molecule has 112 valence electrons. The van der Waals surface area contributed by atoms with E-state index in [0.29, 0.717) is 5.69 Å². The lowest BCUT2D eigenvalue weighted by atomic mass is 10.1. The van der Waals surface area contributed by atoms with Gasteiger partial charge in [0, 0.05) is 10.6 Å². The van der Waals surface area contributed by atoms with Crippen molar-refractivity contribution in [3.63, 3.8) is 0 Å². The molecule has 0 fully saturated rings. The first-order valence-electron chi connectivity index (χ1n) is 7.00. The smallest absolute Gasteiger partial charge is 0.270 e. The van der Waals surface area contributed by atoms with Crippen molar-refractivity contribution < 1.29 is 4.79 Å². The predicted molar refractivity (Wildman–Crippen MR) is 85.4 cm³/mol. The van der Waals surface area contributed by atoms with Crippen LogP contribution in [-0.4, -0.2) is 15.9 Å². The van der Waals surface area contributed by atoms with E-state index >= 15 is 0 Å². The number of carbonyl (C=O) groups is 1. The molecule has 0 bridgehead atoms. The van der Waals surface area contributed by atoms with Crippen molar-refractivity contribution in [3.8, 4) is 0 Å². The standard InChI is InChI=1S/C15H20N4OS/c1-4-10(13-6-5-7-21-13)17-14(20)12-8-11(9(2)3)18-15(16)19-12/h5-10H,4H2,1-3H3,(H,17,20)(H2,16,18,19). The molecular formula is C15H20N4OS. The van der Waals surface area contributed by atoms with Gasteiger partial charge in [-0.05, 0) is 29.9 Å². The Morgan fingerprint density at radius 1 is 1.43 bits per heavy atom. The molecule has 0 aliphatic heterocycles. The molecule has 0 aliphatic carbocycles. The van der Waals surface area contributed by atoms with Crippen molar-refractivity contribution >= 4 is 23.2 Å². The number of aromatic nitrogens is 2. The minimum atomic E-state index is -0.216. The molecule has 6 heteroatoms. The summed E-state index contributed by atoms with van der Waals surface area (Å²) in [6.45, 7) is 6.05. The first-order valence-corrected chi connectivity index (χ1v) is 7.88. The van der Waals surface area contributed by atoms with Crippen molar-refractivity contribution in [2.24, 2.45) is 0 Å². The van der Waals surface area contributed by atoms with Gasteiger partial charge in [0.2, 0.25) is 5.95 Å². The zero-order valence-corrected chi connectivity index (χ0v) is 13.3. The summed E-state index contributed by atoms with van der Waals surface area (Å²) in [5.41, 5.74) is 6.79. The maximum Gasteiger partial charge on any atom is 0.270 e. The van der Waals surface area contributed by atoms with Crippen LogP contribution in [0.15, 0.2) is 23.6 Å². The lowest BCUT2D eigenvalue weighted by Gasteiger charge is -2.16. The maximum absolute atomic E-state index is 12.4. The van der Waals surface area contributed by atoms with Gasteiger partial charge in [0.05, 0.1) is 6.04 Å². The van der Waals surface area contributed by atoms with E-state index in [1.807, 2.05) is 38.3 Å². The molecule has 2 aromatic heterocycles. The Labute approximate surface area is 128 Å². The summed E-state index contributed by atoms with van der Waals surface area (Å²) in [5.74, 6) is 0.114. The molecule has 0 saturated carbocycles. The van der Waals surface area contributed by atoms with E-state index in [-0.39, 0.29) is 23.8 Å². The molecule has 0 aromatic carbocycles. The molecule has 0 radical (unpaired) electrons. The van der Waals surface area contributed by atoms with Crippen LogP contribution in [-0.2, 0) is 0 Å². The van der Waals surface area contributed by atoms with E-state index in [4.69, 9.17) is 5.73 Å². The van der Waals surface area contributed by atoms with Crippen molar-refractivity contribution in [2.75, 3.05) is 5.73 Å². The quantitative estimate of drug-likeness (QED) is 0.889. The van der Waals surface area contributed by atoms with Gasteiger partial charge < -0.3 is 11.1 Å². The van der Waals surface area contributed by atoms with Gasteiger partial charge in [-0.25, -0.2) is 9.97 Å². The molecule has 2 aromatic rings. The molecule has 1 amide bonds. The van der Waals surface area contributed by atoms with E-state index in [2.05, 4.69) is 15.3 Å². The Morgan fingerprint density at radius 3 is 2.76 bits per heavy atom. The Balaban J connectivity index is 2.20. The second kappa shape index (κ2) is 6.67. The fourth-order valence-corrected chi connectivity index (χ4v) is 2.85. The third kappa shape index (κ3) is 3.78. The minimum absolute atomic E-state index is 0.00353. The second-order valence-corrected chi connectivity index (χ2v) is 6.12. The van der Waals surface area contributed by atoms with Crippen molar-refractivity contribution in [2.45, 2.75) is 39.2 Å². The van der Waals surface area contributed by atoms with Crippen LogP contribution in [0.4, 0.5) is 5.95 Å². The number of anilines is 1. The molecule has 0 saturated heterocycles. The van der Waals surface area contributed by atoms with Gasteiger partial charge in [-0.15, -0.1) is 11.3 Å². The van der Waals surface area contributed by atoms with Crippen molar-refractivity contribution in [1.29, 1.82) is 0 Å². The van der Waals surface area contributed by atoms with Crippen molar-refractivity contribution in [1.82, 2.24) is 15.3 Å². The van der Waals surface area contributed by atoms with Crippen LogP contribution in [0, 0.1) is 0 Å². The van der Waals surface area contributed by atoms with Gasteiger partial charge in [-0.3, -0.25) is 4.79 Å². The summed E-state index contributed by atoms with van der Waals surface area (Å²) >= 11 is 1.63. The molecule has 21 heavy (non-hydrogen) atoms. The van der Waals surface area contributed by atoms with Crippen LogP contribution in [0.25, 0.3) is 0 Å². The average Bonchev–Trinajstić information content (AvgIpc) is 2.97. The molecule has 1 atom stereocenters. The number of carbonyl (C=O) groups excluding carboxylic acids is 1. The lowest BCUT2D eigenvalue weighted by molar-refractivity contribution is 0.0931. The average molecular weight is 304 g/mol. The number of hydrogen-bond donors (Lipinski definition) is 2. The number of nitrogens with zero attached hydrogens (tertiary/aromatic N) is 2. The summed E-state index contributed by atoms with van der Waals surface area (Å²) < 4.78 is 0. The van der Waals surface area contributed by atoms with E-state index in [0.717, 1.165) is 17.0 Å². The van der Waals surface area contributed by atoms with E-state index in [9.17, 15) is 4.79 Å². The summed E-state index contributed by atoms with van der Waals surface area (Å²) in [7, 11) is 0. The maximum atomic E-state index is 12.4. The number of amides is 1. The third-order valence-electron chi connectivity index (χ3n) is 3.19. The Kier molecular flexibility index (Phi) is 4.90. The van der Waals surface area contributed by atoms with Crippen LogP contribution in [0.3, 0.4) is 0 Å². The van der Waals surface area contributed by atoms with E-state index in [1.165, 1.54) is 0 Å². The number of hydrogen-bond acceptors (Lipinski definition) is 5. The topological polar surface area (TPSA) is 80.9 Å². The molecule has 5 nitrogen and oxygen atoms in total. The first kappa shape index (κ1) is 15.4. The SMILES string of the molecule is CCC(NC(=O)c1cc(C(C)C)nc(N)n1)c1cccs1. The zero-order chi connectivity index (χ0) is 15.4. The lowest BCUT2D eigenvalue weighted by Crippen LogP contribution is -2.29. The summed E-state index contributed by atoms with van der Waals surface area (Å²) in [6, 6.07) is 5.70. The van der Waals surface area contributed by atoms with Crippen LogP contribution in [0.5, 0.6) is 0 Å². The summed E-state index contributed by atoms with van der Waals surface area (Å²) in [5, 5.41) is 5.01. The highest BCUT2D eigenvalue weighted by Gasteiger charge is 2.17. The van der Waals surface area contributed by atoms with Gasteiger partial charge in [0.1, 0.15) is 5.69 Å². The summed E-state index contributed by atoms with van der Waals surface area (Å²) in [6.07, 6.45) is 0.823. The highest BCUT2D eigenvalue weighted by atomic mass is 32.1. The number of nitrogens with two attached hydrogens (primary N) is 1. The minimum Gasteiger partial charge on any atom is -0.368 e. The Hall–Kier alpha value is -1.95. The van der Waals surface area contributed by atoms with Crippen LogP contribution in [0.2, 0.25) is 0 Å². The number of nitrogen functional groups attached to an aromatic ring is 1. The van der Waals surface area contributed by atoms with Gasteiger partial charge in [0.15, 0.2) is 0 Å². The first-order chi connectivity index (χ1) is 10.0. The van der Waals surface area contributed by atoms with Crippen LogP contribution in [0.1, 0.15) is 60.2 Å². The van der Waals surface area contributed by atoms with E-state index in [1.54, 1.807) is 17.4 Å². The number of thiophene rings is 1. The normalized spacial score (nSPS) is 12.4. The number of nitrogens with one attached hydrogen (secondary N) is 1. The second-order valence-electron chi connectivity index (χ2n) is 5.14. The monoisotopic (exact) mass is 304 g/mol. The van der Waals surface area contributed by atoms with Crippen LogP contribution >= 0.6 is 11.3 Å². The van der Waals surface area contributed by atoms with Crippen molar-refractivity contribution in [3.05, 3.63) is 39.8 Å².